The Hall–Kier alpha value is -5.56. The number of anilines is 1. The molecule has 0 aliphatic heterocycles. The van der Waals surface area contributed by atoms with Crippen LogP contribution in [0.15, 0.2) is 174 Å². The molecule has 3 heteroatoms. The maximum atomic E-state index is 7.15. The molecular weight excluding hydrogens is 571 g/mol. The van der Waals surface area contributed by atoms with E-state index in [-0.39, 0.29) is 12.0 Å². The second-order valence-corrected chi connectivity index (χ2v) is 12.5. The normalized spacial score (nSPS) is 16.3. The summed E-state index contributed by atoms with van der Waals surface area (Å²) in [4.78, 5) is 0. The van der Waals surface area contributed by atoms with Gasteiger partial charge >= 0.3 is 0 Å². The maximum Gasteiger partial charge on any atom is 0.0537 e. The summed E-state index contributed by atoms with van der Waals surface area (Å²) in [7, 11) is 0. The average Bonchev–Trinajstić information content (AvgIpc) is 3.88. The van der Waals surface area contributed by atoms with Crippen LogP contribution in [0.2, 0.25) is 0 Å². The first-order valence-electron chi connectivity index (χ1n) is 16.3. The van der Waals surface area contributed by atoms with Crippen LogP contribution in [0.3, 0.4) is 0 Å². The molecule has 0 bridgehead atoms. The zero-order chi connectivity index (χ0) is 32.4. The summed E-state index contributed by atoms with van der Waals surface area (Å²) in [6, 6.07) is 38.0. The Bertz CT molecular complexity index is 2160. The third-order valence-electron chi connectivity index (χ3n) is 9.70. The summed E-state index contributed by atoms with van der Waals surface area (Å²) >= 11 is 0. The maximum absolute atomic E-state index is 7.15. The highest BCUT2D eigenvalue weighted by Crippen LogP contribution is 2.43. The van der Waals surface area contributed by atoms with Gasteiger partial charge in [-0.1, -0.05) is 97.9 Å². The van der Waals surface area contributed by atoms with Crippen LogP contribution in [0, 0.1) is 12.8 Å². The molecule has 0 radical (unpaired) electrons. The van der Waals surface area contributed by atoms with E-state index in [2.05, 4.69) is 151 Å². The minimum atomic E-state index is -0.431. The van der Waals surface area contributed by atoms with Gasteiger partial charge in [-0.15, -0.1) is 11.5 Å². The lowest BCUT2D eigenvalue weighted by atomic mass is 9.69. The van der Waals surface area contributed by atoms with E-state index in [1.807, 2.05) is 42.5 Å². The highest BCUT2D eigenvalue weighted by atomic mass is 15.0. The molecule has 0 saturated carbocycles. The smallest absolute Gasteiger partial charge is 0.0537 e. The largest absolute Gasteiger partial charge is 0.355 e. The van der Waals surface area contributed by atoms with Crippen LogP contribution in [0.4, 0.5) is 5.69 Å². The molecule has 0 spiro atoms. The Balaban J connectivity index is 1.23. The number of nitrogens with one attached hydrogen (secondary N) is 1. The number of fused-ring (bicyclic) bond motifs is 1. The number of allylic oxidation sites excluding steroid dienone is 5. The number of para-hydroxylation sites is 2. The molecule has 0 amide bonds. The van der Waals surface area contributed by atoms with Gasteiger partial charge in [0, 0.05) is 51.5 Å². The van der Waals surface area contributed by atoms with Gasteiger partial charge in [0.1, 0.15) is 0 Å². The molecule has 230 valence electrons. The van der Waals surface area contributed by atoms with Gasteiger partial charge in [0.2, 0.25) is 0 Å². The number of aryl methyl sites for hydroxylation is 1. The molecular formula is C44H39N3. The van der Waals surface area contributed by atoms with Crippen molar-refractivity contribution in [2.75, 3.05) is 5.32 Å². The van der Waals surface area contributed by atoms with E-state index in [1.165, 1.54) is 33.3 Å². The number of nitrogens with zero attached hydrogens (tertiary/aromatic N) is 1. The fourth-order valence-corrected chi connectivity index (χ4v) is 6.88. The summed E-state index contributed by atoms with van der Waals surface area (Å²) in [5.74, 6) is 0.183. The highest BCUT2D eigenvalue weighted by molar-refractivity contribution is 5.89. The Labute approximate surface area is 277 Å². The van der Waals surface area contributed by atoms with E-state index in [0.29, 0.717) is 0 Å². The molecule has 0 saturated heterocycles. The van der Waals surface area contributed by atoms with Crippen molar-refractivity contribution in [1.82, 2.24) is 4.57 Å². The van der Waals surface area contributed by atoms with Crippen LogP contribution >= 0.6 is 0 Å². The number of hydrogen-bond acceptors (Lipinski definition) is 2. The minimum Gasteiger partial charge on any atom is -0.355 e. The van der Waals surface area contributed by atoms with Crippen molar-refractivity contribution in [3.05, 3.63) is 196 Å². The van der Waals surface area contributed by atoms with E-state index < -0.39 is 5.41 Å². The predicted molar refractivity (Wildman–Crippen MR) is 197 cm³/mol. The first-order chi connectivity index (χ1) is 22.9. The molecule has 47 heavy (non-hydrogen) atoms. The third kappa shape index (κ3) is 5.58. The standard InChI is InChI=1S/C44H39N3/c1-31(38-22-14-23-40(38)46-36-19-8-5-9-20-36)25-30-41-32(2)39-21-12-13-24-42(39)47(41)37-28-26-33(27-29-37)43(45)44(3,35-17-10-11-18-35)34-15-6-4-7-16-34/h4-13,15-17,19-31,43,46H,45H2,1-3H3/b30-25-. The molecule has 2 aliphatic carbocycles. The van der Waals surface area contributed by atoms with Gasteiger partial charge in [-0.2, -0.15) is 0 Å². The molecule has 0 fully saturated rings. The van der Waals surface area contributed by atoms with Crippen molar-refractivity contribution >= 4 is 22.7 Å². The summed E-state index contributed by atoms with van der Waals surface area (Å²) < 4.78 is 2.37. The number of hydrogen-bond donors (Lipinski definition) is 2. The van der Waals surface area contributed by atoms with Crippen LogP contribution < -0.4 is 11.1 Å². The monoisotopic (exact) mass is 609 g/mol. The van der Waals surface area contributed by atoms with E-state index in [1.54, 1.807) is 0 Å². The average molecular weight is 610 g/mol. The number of benzene rings is 4. The molecule has 3 unspecified atom stereocenters. The van der Waals surface area contributed by atoms with Crippen LogP contribution in [0.5, 0.6) is 0 Å². The van der Waals surface area contributed by atoms with E-state index in [0.717, 1.165) is 28.2 Å². The number of aromatic nitrogens is 1. The fraction of sp³-hybridized carbons (Fsp3) is 0.136. The van der Waals surface area contributed by atoms with Gasteiger partial charge in [0.05, 0.1) is 11.2 Å². The predicted octanol–water partition coefficient (Wildman–Crippen LogP) is 10.3. The molecule has 7 rings (SSSR count). The van der Waals surface area contributed by atoms with E-state index in [4.69, 9.17) is 5.73 Å². The lowest BCUT2D eigenvalue weighted by molar-refractivity contribution is 0.456. The van der Waals surface area contributed by atoms with Crippen LogP contribution in [0.1, 0.15) is 42.3 Å². The van der Waals surface area contributed by atoms with Gasteiger partial charge < -0.3 is 15.6 Å². The van der Waals surface area contributed by atoms with Crippen molar-refractivity contribution in [2.24, 2.45) is 11.7 Å². The summed E-state index contributed by atoms with van der Waals surface area (Å²) in [6.07, 6.45) is 14.8. The quantitative estimate of drug-likeness (QED) is 0.155. The Kier molecular flexibility index (Phi) is 8.12. The molecule has 3 nitrogen and oxygen atoms in total. The highest BCUT2D eigenvalue weighted by Gasteiger charge is 2.38. The molecule has 3 atom stereocenters. The Morgan fingerprint density at radius 2 is 1.55 bits per heavy atom. The lowest BCUT2D eigenvalue weighted by Crippen LogP contribution is -2.37. The van der Waals surface area contributed by atoms with Crippen molar-refractivity contribution in [3.8, 4) is 5.69 Å². The van der Waals surface area contributed by atoms with Crippen molar-refractivity contribution in [2.45, 2.75) is 32.2 Å². The SMILES string of the molecule is Cc1c(/C=C\C(C)C2=C(Nc3ccccc3)C=C=C2)n(-c2ccc(C(N)C(C)(C3=C=CC=C3)c3ccccc3)cc2)c2ccccc12. The number of rotatable bonds is 10. The summed E-state index contributed by atoms with van der Waals surface area (Å²) in [6.45, 7) is 6.68. The van der Waals surface area contributed by atoms with Crippen LogP contribution in [-0.4, -0.2) is 4.57 Å². The van der Waals surface area contributed by atoms with Gasteiger partial charge in [-0.3, -0.25) is 0 Å². The van der Waals surface area contributed by atoms with Crippen molar-refractivity contribution < 1.29 is 0 Å². The van der Waals surface area contributed by atoms with Gasteiger partial charge in [0.15, 0.2) is 0 Å². The van der Waals surface area contributed by atoms with Crippen molar-refractivity contribution in [3.63, 3.8) is 0 Å². The minimum absolute atomic E-state index is 0.183. The summed E-state index contributed by atoms with van der Waals surface area (Å²) in [5, 5.41) is 4.81. The van der Waals surface area contributed by atoms with E-state index in [9.17, 15) is 0 Å². The molecule has 3 N–H and O–H groups in total. The topological polar surface area (TPSA) is 43.0 Å². The molecule has 1 aromatic heterocycles. The zero-order valence-electron chi connectivity index (χ0n) is 27.1. The molecule has 2 aliphatic rings. The second kappa shape index (κ2) is 12.7. The van der Waals surface area contributed by atoms with Crippen molar-refractivity contribution in [1.29, 1.82) is 0 Å². The van der Waals surface area contributed by atoms with Gasteiger partial charge in [-0.25, -0.2) is 0 Å². The van der Waals surface area contributed by atoms with Crippen LogP contribution in [-0.2, 0) is 5.41 Å². The first kappa shape index (κ1) is 30.1. The third-order valence-corrected chi connectivity index (χ3v) is 9.70. The number of nitrogens with two attached hydrogens (primary N) is 1. The second-order valence-electron chi connectivity index (χ2n) is 12.5. The molecule has 4 aromatic carbocycles. The molecule has 5 aromatic rings. The Morgan fingerprint density at radius 1 is 0.851 bits per heavy atom. The van der Waals surface area contributed by atoms with E-state index >= 15 is 0 Å². The van der Waals surface area contributed by atoms with Gasteiger partial charge in [0.25, 0.3) is 0 Å². The zero-order valence-corrected chi connectivity index (χ0v) is 27.1. The molecule has 1 heterocycles. The van der Waals surface area contributed by atoms with Gasteiger partial charge in [-0.05, 0) is 90.7 Å². The Morgan fingerprint density at radius 3 is 2.28 bits per heavy atom. The lowest BCUT2D eigenvalue weighted by Gasteiger charge is -2.36. The fourth-order valence-electron chi connectivity index (χ4n) is 6.88. The van der Waals surface area contributed by atoms with Crippen LogP contribution in [0.25, 0.3) is 22.7 Å². The summed E-state index contributed by atoms with van der Waals surface area (Å²) in [5.41, 5.74) is 24.9. The first-order valence-corrected chi connectivity index (χ1v) is 16.3.